The Balaban J connectivity index is 2.00. The molecule has 0 radical (unpaired) electrons. The Morgan fingerprint density at radius 1 is 1.19 bits per heavy atom. The van der Waals surface area contributed by atoms with Crippen molar-refractivity contribution in [1.29, 1.82) is 0 Å². The van der Waals surface area contributed by atoms with E-state index in [0.717, 1.165) is 31.2 Å². The van der Waals surface area contributed by atoms with Crippen LogP contribution in [0.3, 0.4) is 0 Å². The third-order valence-corrected chi connectivity index (χ3v) is 3.34. The normalized spacial score (nSPS) is 11.9. The van der Waals surface area contributed by atoms with Gasteiger partial charge in [0, 0.05) is 6.54 Å². The van der Waals surface area contributed by atoms with Crippen molar-refractivity contribution in [1.82, 2.24) is 5.32 Å². The predicted molar refractivity (Wildman–Crippen MR) is 84.0 cm³/mol. The molecular weight excluding hydrogens is 266 g/mol. The molecule has 21 heavy (non-hydrogen) atoms. The van der Waals surface area contributed by atoms with Gasteiger partial charge in [-0.3, -0.25) is 0 Å². The molecule has 1 aromatic rings. The lowest BCUT2D eigenvalue weighted by molar-refractivity contribution is 0.134. The zero-order valence-electron chi connectivity index (χ0n) is 12.9. The second-order valence-corrected chi connectivity index (χ2v) is 5.28. The van der Waals surface area contributed by atoms with Gasteiger partial charge in [0.15, 0.2) is 0 Å². The van der Waals surface area contributed by atoms with Crippen molar-refractivity contribution in [2.24, 2.45) is 0 Å². The summed E-state index contributed by atoms with van der Waals surface area (Å²) >= 11 is 0. The molecule has 1 amide bonds. The summed E-state index contributed by atoms with van der Waals surface area (Å²) in [6.45, 7) is 2.97. The van der Waals surface area contributed by atoms with Crippen LogP contribution >= 0.6 is 0 Å². The largest absolute Gasteiger partial charge is 0.445 e. The van der Waals surface area contributed by atoms with Gasteiger partial charge < -0.3 is 15.2 Å². The fourth-order valence-corrected chi connectivity index (χ4v) is 2.08. The average Bonchev–Trinajstić information content (AvgIpc) is 2.51. The fraction of sp³-hybridized carbons (Fsp3) is 0.588. The zero-order valence-corrected chi connectivity index (χ0v) is 12.9. The maximum Gasteiger partial charge on any atom is 0.407 e. The minimum Gasteiger partial charge on any atom is -0.445 e. The molecule has 1 atom stereocenters. The summed E-state index contributed by atoms with van der Waals surface area (Å²) in [5.41, 5.74) is 0.971. The highest BCUT2D eigenvalue weighted by atomic mass is 16.5. The number of alkyl carbamates (subject to hydrolysis) is 1. The molecule has 0 bridgehead atoms. The van der Waals surface area contributed by atoms with Crippen molar-refractivity contribution < 1.29 is 14.6 Å². The Hall–Kier alpha value is -1.55. The van der Waals surface area contributed by atoms with Gasteiger partial charge in [0.25, 0.3) is 0 Å². The van der Waals surface area contributed by atoms with Gasteiger partial charge in [-0.15, -0.1) is 0 Å². The third-order valence-electron chi connectivity index (χ3n) is 3.34. The summed E-state index contributed by atoms with van der Waals surface area (Å²) in [5, 5.41) is 12.5. The number of aliphatic hydroxyl groups excluding tert-OH is 1. The molecule has 0 saturated carbocycles. The van der Waals surface area contributed by atoms with Crippen LogP contribution < -0.4 is 5.32 Å². The summed E-state index contributed by atoms with van der Waals surface area (Å²) in [6.07, 6.45) is 5.10. The molecule has 0 heterocycles. The Bertz CT molecular complexity index is 381. The molecule has 4 nitrogen and oxygen atoms in total. The first-order valence-corrected chi connectivity index (χ1v) is 7.85. The quantitative estimate of drug-likeness (QED) is 0.648. The highest BCUT2D eigenvalue weighted by Gasteiger charge is 2.05. The predicted octanol–water partition coefficient (Wildman–Crippen LogP) is 3.63. The minimum atomic E-state index is -0.403. The minimum absolute atomic E-state index is 0.251. The van der Waals surface area contributed by atoms with Crippen LogP contribution in [0.4, 0.5) is 4.79 Å². The number of carbonyl (C=O) groups is 1. The number of aliphatic hydroxyl groups is 1. The van der Waals surface area contributed by atoms with E-state index in [1.807, 2.05) is 30.3 Å². The van der Waals surface area contributed by atoms with E-state index >= 15 is 0 Å². The van der Waals surface area contributed by atoms with Gasteiger partial charge in [-0.25, -0.2) is 4.79 Å². The van der Waals surface area contributed by atoms with Crippen LogP contribution in [0.15, 0.2) is 30.3 Å². The van der Waals surface area contributed by atoms with Gasteiger partial charge in [-0.05, 0) is 24.8 Å². The first kappa shape index (κ1) is 17.5. The summed E-state index contributed by atoms with van der Waals surface area (Å²) in [5.74, 6) is 0. The van der Waals surface area contributed by atoms with Gasteiger partial charge >= 0.3 is 6.09 Å². The number of ether oxygens (including phenoxy) is 1. The van der Waals surface area contributed by atoms with Gasteiger partial charge in [0.2, 0.25) is 0 Å². The Morgan fingerprint density at radius 2 is 1.90 bits per heavy atom. The lowest BCUT2D eigenvalue weighted by Gasteiger charge is -2.10. The van der Waals surface area contributed by atoms with Crippen molar-refractivity contribution in [3.63, 3.8) is 0 Å². The molecule has 118 valence electrons. The molecule has 0 aliphatic heterocycles. The van der Waals surface area contributed by atoms with Crippen LogP contribution in [-0.4, -0.2) is 23.8 Å². The molecule has 0 fully saturated rings. The molecule has 0 aromatic heterocycles. The van der Waals surface area contributed by atoms with Crippen LogP contribution in [0.25, 0.3) is 0 Å². The van der Waals surface area contributed by atoms with Crippen LogP contribution in [-0.2, 0) is 11.3 Å². The number of hydrogen-bond acceptors (Lipinski definition) is 3. The number of amides is 1. The second-order valence-electron chi connectivity index (χ2n) is 5.28. The lowest BCUT2D eigenvalue weighted by Crippen LogP contribution is -2.26. The number of unbranched alkanes of at least 4 members (excludes halogenated alkanes) is 2. The molecule has 0 spiro atoms. The van der Waals surface area contributed by atoms with Crippen molar-refractivity contribution in [3.05, 3.63) is 35.9 Å². The molecule has 0 aliphatic carbocycles. The van der Waals surface area contributed by atoms with E-state index in [1.54, 1.807) is 0 Å². The number of nitrogens with one attached hydrogen (secondary N) is 1. The number of carbonyl (C=O) groups excluding carboxylic acids is 1. The molecule has 0 saturated heterocycles. The molecule has 1 unspecified atom stereocenters. The zero-order chi connectivity index (χ0) is 15.3. The van der Waals surface area contributed by atoms with Gasteiger partial charge in [-0.2, -0.15) is 0 Å². The van der Waals surface area contributed by atoms with Gasteiger partial charge in [0.1, 0.15) is 6.61 Å². The highest BCUT2D eigenvalue weighted by molar-refractivity contribution is 5.67. The van der Waals surface area contributed by atoms with Crippen LogP contribution in [0.2, 0.25) is 0 Å². The average molecular weight is 293 g/mol. The molecule has 1 aromatic carbocycles. The van der Waals surface area contributed by atoms with Crippen LogP contribution in [0, 0.1) is 0 Å². The monoisotopic (exact) mass is 293 g/mol. The standard InChI is InChI=1S/C17H27NO3/c1-2-3-5-11-16(19)12-8-13-18-17(20)21-14-15-9-6-4-7-10-15/h4,6-7,9-10,16,19H,2-3,5,8,11-14H2,1H3,(H,18,20). The summed E-state index contributed by atoms with van der Waals surface area (Å²) in [7, 11) is 0. The van der Waals surface area contributed by atoms with E-state index in [0.29, 0.717) is 6.54 Å². The number of benzene rings is 1. The van der Waals surface area contributed by atoms with Crippen molar-refractivity contribution in [3.8, 4) is 0 Å². The Morgan fingerprint density at radius 3 is 2.62 bits per heavy atom. The lowest BCUT2D eigenvalue weighted by atomic mass is 10.1. The molecular formula is C17H27NO3. The number of hydrogen-bond donors (Lipinski definition) is 2. The van der Waals surface area contributed by atoms with Crippen molar-refractivity contribution >= 4 is 6.09 Å². The molecule has 2 N–H and O–H groups in total. The van der Waals surface area contributed by atoms with Crippen LogP contribution in [0.5, 0.6) is 0 Å². The first-order chi connectivity index (χ1) is 10.2. The first-order valence-electron chi connectivity index (χ1n) is 7.85. The molecule has 4 heteroatoms. The Kier molecular flexibility index (Phi) is 9.29. The van der Waals surface area contributed by atoms with E-state index in [-0.39, 0.29) is 12.7 Å². The van der Waals surface area contributed by atoms with E-state index < -0.39 is 6.09 Å². The summed E-state index contributed by atoms with van der Waals surface area (Å²) in [4.78, 5) is 11.5. The fourth-order valence-electron chi connectivity index (χ4n) is 2.08. The van der Waals surface area contributed by atoms with Gasteiger partial charge in [-0.1, -0.05) is 56.5 Å². The number of rotatable bonds is 10. The highest BCUT2D eigenvalue weighted by Crippen LogP contribution is 2.07. The Labute approximate surface area is 127 Å². The van der Waals surface area contributed by atoms with Crippen LogP contribution in [0.1, 0.15) is 51.0 Å². The van der Waals surface area contributed by atoms with E-state index in [4.69, 9.17) is 4.74 Å². The third kappa shape index (κ3) is 9.08. The molecule has 1 rings (SSSR count). The van der Waals surface area contributed by atoms with Gasteiger partial charge in [0.05, 0.1) is 6.10 Å². The van der Waals surface area contributed by atoms with E-state index in [2.05, 4.69) is 12.2 Å². The van der Waals surface area contributed by atoms with E-state index in [9.17, 15) is 9.90 Å². The van der Waals surface area contributed by atoms with Crippen molar-refractivity contribution in [2.45, 2.75) is 58.2 Å². The maximum absolute atomic E-state index is 11.5. The maximum atomic E-state index is 11.5. The van der Waals surface area contributed by atoms with E-state index in [1.165, 1.54) is 12.8 Å². The SMILES string of the molecule is CCCCCC(O)CCCNC(=O)OCc1ccccc1. The summed E-state index contributed by atoms with van der Waals surface area (Å²) in [6, 6.07) is 9.59. The molecule has 0 aliphatic rings. The second kappa shape index (κ2) is 11.1. The smallest absolute Gasteiger partial charge is 0.407 e. The topological polar surface area (TPSA) is 58.6 Å². The van der Waals surface area contributed by atoms with Crippen molar-refractivity contribution in [2.75, 3.05) is 6.54 Å². The summed E-state index contributed by atoms with van der Waals surface area (Å²) < 4.78 is 5.10.